The smallest absolute Gasteiger partial charge is 0.231 e. The van der Waals surface area contributed by atoms with Gasteiger partial charge in [0, 0.05) is 0 Å². The minimum atomic E-state index is -0.603. The van der Waals surface area contributed by atoms with Crippen LogP contribution in [0.15, 0.2) is 12.1 Å². The lowest BCUT2D eigenvalue weighted by atomic mass is 10.1. The summed E-state index contributed by atoms with van der Waals surface area (Å²) in [4.78, 5) is 0. The predicted molar refractivity (Wildman–Crippen MR) is 57.7 cm³/mol. The number of fused-ring (bicyclic) bond motifs is 1. The number of rotatable bonds is 4. The molecule has 1 aromatic rings. The largest absolute Gasteiger partial charge is 0.493 e. The van der Waals surface area contributed by atoms with Gasteiger partial charge in [-0.05, 0) is 30.7 Å². The second kappa shape index (κ2) is 4.59. The average Bonchev–Trinajstić information content (AvgIpc) is 2.75. The molecule has 5 heteroatoms. The number of hydrogen-bond donors (Lipinski definition) is 2. The molecule has 2 rings (SSSR count). The minimum Gasteiger partial charge on any atom is -0.493 e. The van der Waals surface area contributed by atoms with Gasteiger partial charge in [-0.2, -0.15) is 0 Å². The Labute approximate surface area is 93.7 Å². The fourth-order valence-electron chi connectivity index (χ4n) is 1.67. The summed E-state index contributed by atoms with van der Waals surface area (Å²) in [6.07, 6.45) is -0.101. The lowest BCUT2D eigenvalue weighted by molar-refractivity contribution is 0.167. The molecule has 0 saturated heterocycles. The molecule has 0 aliphatic carbocycles. The van der Waals surface area contributed by atoms with Crippen LogP contribution in [0.5, 0.6) is 17.2 Å². The first-order valence-electron chi connectivity index (χ1n) is 5.12. The summed E-state index contributed by atoms with van der Waals surface area (Å²) in [7, 11) is 1.55. The van der Waals surface area contributed by atoms with E-state index >= 15 is 0 Å². The van der Waals surface area contributed by atoms with Gasteiger partial charge >= 0.3 is 0 Å². The molecule has 1 aliphatic rings. The van der Waals surface area contributed by atoms with E-state index in [9.17, 15) is 5.11 Å². The quantitative estimate of drug-likeness (QED) is 0.793. The standard InChI is InChI=1S/C11H15NO4/c1-14-9-4-7(8(13)2-3-12)5-10-11(9)16-6-15-10/h4-5,8,13H,2-3,6,12H2,1H3. The molecule has 0 saturated carbocycles. The fourth-order valence-corrected chi connectivity index (χ4v) is 1.67. The Morgan fingerprint density at radius 1 is 1.50 bits per heavy atom. The number of aliphatic hydroxyl groups is 1. The van der Waals surface area contributed by atoms with Crippen molar-refractivity contribution in [1.29, 1.82) is 0 Å². The van der Waals surface area contributed by atoms with Gasteiger partial charge in [-0.15, -0.1) is 0 Å². The van der Waals surface area contributed by atoms with Gasteiger partial charge in [0.1, 0.15) is 0 Å². The van der Waals surface area contributed by atoms with Crippen LogP contribution in [0.1, 0.15) is 18.1 Å². The van der Waals surface area contributed by atoms with E-state index in [0.717, 1.165) is 5.56 Å². The molecule has 0 radical (unpaired) electrons. The summed E-state index contributed by atoms with van der Waals surface area (Å²) in [6.45, 7) is 0.611. The van der Waals surface area contributed by atoms with E-state index in [2.05, 4.69) is 0 Å². The molecule has 5 nitrogen and oxygen atoms in total. The van der Waals surface area contributed by atoms with Crippen LogP contribution in [-0.4, -0.2) is 25.6 Å². The third-order valence-corrected chi connectivity index (χ3v) is 2.51. The second-order valence-electron chi connectivity index (χ2n) is 3.55. The van der Waals surface area contributed by atoms with Gasteiger partial charge in [0.05, 0.1) is 13.2 Å². The molecule has 3 N–H and O–H groups in total. The summed E-state index contributed by atoms with van der Waals surface area (Å²) in [5.41, 5.74) is 6.13. The number of hydrogen-bond acceptors (Lipinski definition) is 5. The summed E-state index contributed by atoms with van der Waals surface area (Å²) in [5, 5.41) is 9.84. The Kier molecular flexibility index (Phi) is 3.17. The van der Waals surface area contributed by atoms with Crippen LogP contribution in [0.4, 0.5) is 0 Å². The molecule has 0 spiro atoms. The maximum absolute atomic E-state index is 9.84. The van der Waals surface area contributed by atoms with Crippen LogP contribution in [-0.2, 0) is 0 Å². The summed E-state index contributed by atoms with van der Waals surface area (Å²) < 4.78 is 15.7. The number of methoxy groups -OCH3 is 1. The van der Waals surface area contributed by atoms with E-state index in [0.29, 0.717) is 30.2 Å². The number of ether oxygens (including phenoxy) is 3. The van der Waals surface area contributed by atoms with Crippen molar-refractivity contribution >= 4 is 0 Å². The van der Waals surface area contributed by atoms with Crippen molar-refractivity contribution in [1.82, 2.24) is 0 Å². The molecule has 1 unspecified atom stereocenters. The van der Waals surface area contributed by atoms with Crippen LogP contribution in [0.25, 0.3) is 0 Å². The Morgan fingerprint density at radius 2 is 2.31 bits per heavy atom. The van der Waals surface area contributed by atoms with E-state index in [-0.39, 0.29) is 6.79 Å². The molecule has 0 fully saturated rings. The predicted octanol–water partition coefficient (Wildman–Crippen LogP) is 0.806. The minimum absolute atomic E-state index is 0.183. The lowest BCUT2D eigenvalue weighted by Crippen LogP contribution is -2.06. The van der Waals surface area contributed by atoms with E-state index in [1.807, 2.05) is 0 Å². The zero-order chi connectivity index (χ0) is 11.5. The van der Waals surface area contributed by atoms with Gasteiger partial charge in [0.15, 0.2) is 11.5 Å². The van der Waals surface area contributed by atoms with Gasteiger partial charge in [-0.25, -0.2) is 0 Å². The highest BCUT2D eigenvalue weighted by Crippen LogP contribution is 2.43. The molecule has 0 amide bonds. The van der Waals surface area contributed by atoms with Crippen LogP contribution < -0.4 is 19.9 Å². The first-order chi connectivity index (χ1) is 7.76. The van der Waals surface area contributed by atoms with Crippen molar-refractivity contribution < 1.29 is 19.3 Å². The normalized spacial score (nSPS) is 14.9. The second-order valence-corrected chi connectivity index (χ2v) is 3.55. The number of aliphatic hydroxyl groups excluding tert-OH is 1. The molecular formula is C11H15NO4. The van der Waals surface area contributed by atoms with Crippen molar-refractivity contribution in [3.8, 4) is 17.2 Å². The Balaban J connectivity index is 2.34. The summed E-state index contributed by atoms with van der Waals surface area (Å²) >= 11 is 0. The topological polar surface area (TPSA) is 73.9 Å². The van der Waals surface area contributed by atoms with Crippen molar-refractivity contribution in [3.63, 3.8) is 0 Å². The van der Waals surface area contributed by atoms with Gasteiger partial charge in [0.2, 0.25) is 12.5 Å². The molecule has 1 aromatic carbocycles. The van der Waals surface area contributed by atoms with Crippen LogP contribution in [0, 0.1) is 0 Å². The van der Waals surface area contributed by atoms with E-state index in [4.69, 9.17) is 19.9 Å². The highest BCUT2D eigenvalue weighted by molar-refractivity contribution is 5.55. The van der Waals surface area contributed by atoms with Crippen molar-refractivity contribution in [2.45, 2.75) is 12.5 Å². The molecule has 88 valence electrons. The van der Waals surface area contributed by atoms with E-state index < -0.39 is 6.10 Å². The number of nitrogens with two attached hydrogens (primary N) is 1. The Morgan fingerprint density at radius 3 is 3.00 bits per heavy atom. The molecule has 16 heavy (non-hydrogen) atoms. The molecule has 1 atom stereocenters. The van der Waals surface area contributed by atoms with Crippen molar-refractivity contribution in [3.05, 3.63) is 17.7 Å². The zero-order valence-corrected chi connectivity index (χ0v) is 9.10. The van der Waals surface area contributed by atoms with Crippen molar-refractivity contribution in [2.75, 3.05) is 20.4 Å². The first-order valence-corrected chi connectivity index (χ1v) is 5.12. The lowest BCUT2D eigenvalue weighted by Gasteiger charge is -2.12. The van der Waals surface area contributed by atoms with Gasteiger partial charge in [0.25, 0.3) is 0 Å². The number of benzene rings is 1. The van der Waals surface area contributed by atoms with Crippen LogP contribution in [0.2, 0.25) is 0 Å². The third-order valence-electron chi connectivity index (χ3n) is 2.51. The highest BCUT2D eigenvalue weighted by atomic mass is 16.7. The van der Waals surface area contributed by atoms with Crippen LogP contribution >= 0.6 is 0 Å². The third kappa shape index (κ3) is 1.91. The molecule has 0 bridgehead atoms. The van der Waals surface area contributed by atoms with Crippen molar-refractivity contribution in [2.24, 2.45) is 5.73 Å². The fraction of sp³-hybridized carbons (Fsp3) is 0.455. The highest BCUT2D eigenvalue weighted by Gasteiger charge is 2.22. The molecule has 1 aliphatic heterocycles. The summed E-state index contributed by atoms with van der Waals surface area (Å²) in [6, 6.07) is 3.50. The van der Waals surface area contributed by atoms with Gasteiger partial charge in [-0.3, -0.25) is 0 Å². The SMILES string of the molecule is COc1cc(C(O)CCN)cc2c1OCO2. The Hall–Kier alpha value is -1.46. The zero-order valence-electron chi connectivity index (χ0n) is 9.10. The maximum atomic E-state index is 9.84. The summed E-state index contributed by atoms with van der Waals surface area (Å²) in [5.74, 6) is 1.76. The van der Waals surface area contributed by atoms with Gasteiger partial charge < -0.3 is 25.1 Å². The Bertz CT molecular complexity index is 380. The maximum Gasteiger partial charge on any atom is 0.231 e. The first kappa shape index (κ1) is 11.0. The van der Waals surface area contributed by atoms with E-state index in [1.165, 1.54) is 0 Å². The average molecular weight is 225 g/mol. The molecule has 0 aromatic heterocycles. The monoisotopic (exact) mass is 225 g/mol. The molecule has 1 heterocycles. The van der Waals surface area contributed by atoms with E-state index in [1.54, 1.807) is 19.2 Å². The van der Waals surface area contributed by atoms with Crippen LogP contribution in [0.3, 0.4) is 0 Å². The molecular weight excluding hydrogens is 210 g/mol. The van der Waals surface area contributed by atoms with Gasteiger partial charge in [-0.1, -0.05) is 0 Å².